The van der Waals surface area contributed by atoms with Crippen molar-refractivity contribution in [2.24, 2.45) is 15.4 Å². The van der Waals surface area contributed by atoms with E-state index in [1.165, 1.54) is 11.1 Å². The number of hydrogen-bond donors (Lipinski definition) is 2. The number of nitrogens with zero attached hydrogens (tertiary/aromatic N) is 2. The normalized spacial score (nSPS) is 21.0. The van der Waals surface area contributed by atoms with Gasteiger partial charge in [0.2, 0.25) is 0 Å². The number of aliphatic imine (C=N–C) groups is 2. The van der Waals surface area contributed by atoms with E-state index in [-0.39, 0.29) is 5.41 Å². The molecular formula is C25H28N4. The maximum absolute atomic E-state index is 4.94. The summed E-state index contributed by atoms with van der Waals surface area (Å²) in [6.07, 6.45) is 11.3. The summed E-state index contributed by atoms with van der Waals surface area (Å²) >= 11 is 0. The molecule has 2 aliphatic rings. The van der Waals surface area contributed by atoms with Crippen molar-refractivity contribution in [3.8, 4) is 0 Å². The first-order chi connectivity index (χ1) is 13.8. The Morgan fingerprint density at radius 2 is 1.86 bits per heavy atom. The second-order valence-electron chi connectivity index (χ2n) is 8.61. The van der Waals surface area contributed by atoms with Crippen molar-refractivity contribution in [3.05, 3.63) is 75.8 Å². The largest absolute Gasteiger partial charge is 0.355 e. The zero-order valence-electron chi connectivity index (χ0n) is 17.6. The van der Waals surface area contributed by atoms with Crippen LogP contribution in [0, 0.1) is 12.3 Å². The van der Waals surface area contributed by atoms with Gasteiger partial charge in [-0.05, 0) is 73.6 Å². The number of hydrogen-bond acceptors (Lipinski definition) is 2. The van der Waals surface area contributed by atoms with E-state index >= 15 is 0 Å². The molecule has 2 aliphatic heterocycles. The maximum atomic E-state index is 4.94. The molecule has 0 spiro atoms. The lowest BCUT2D eigenvalue weighted by atomic mass is 9.85. The lowest BCUT2D eigenvalue weighted by Crippen LogP contribution is -2.21. The topological polar surface area (TPSA) is 56.3 Å². The minimum absolute atomic E-state index is 0.00347. The Balaban J connectivity index is 1.68. The quantitative estimate of drug-likeness (QED) is 0.799. The van der Waals surface area contributed by atoms with E-state index < -0.39 is 0 Å². The number of aryl methyl sites for hydroxylation is 1. The number of nitrogens with one attached hydrogen (secondary N) is 2. The summed E-state index contributed by atoms with van der Waals surface area (Å²) in [5.41, 5.74) is 7.83. The van der Waals surface area contributed by atoms with Crippen LogP contribution in [0.25, 0.3) is 18.2 Å². The Kier molecular flexibility index (Phi) is 4.87. The number of aromatic amines is 2. The average molecular weight is 385 g/mol. The molecule has 0 fully saturated rings. The molecule has 2 aromatic heterocycles. The van der Waals surface area contributed by atoms with Crippen LogP contribution in [0.2, 0.25) is 0 Å². The van der Waals surface area contributed by atoms with Crippen molar-refractivity contribution >= 4 is 29.7 Å². The molecule has 0 saturated heterocycles. The van der Waals surface area contributed by atoms with Crippen molar-refractivity contribution in [3.63, 3.8) is 0 Å². The van der Waals surface area contributed by atoms with Crippen molar-refractivity contribution in [1.29, 1.82) is 0 Å². The van der Waals surface area contributed by atoms with Gasteiger partial charge in [-0.1, -0.05) is 20.4 Å². The molecule has 0 atom stereocenters. The van der Waals surface area contributed by atoms with Gasteiger partial charge in [-0.25, -0.2) is 0 Å². The Morgan fingerprint density at radius 3 is 2.55 bits per heavy atom. The van der Waals surface area contributed by atoms with Gasteiger partial charge in [0, 0.05) is 45.3 Å². The van der Waals surface area contributed by atoms with Crippen LogP contribution < -0.4 is 10.7 Å². The Hall–Kier alpha value is -3.14. The van der Waals surface area contributed by atoms with Gasteiger partial charge in [-0.15, -0.1) is 0 Å². The molecule has 4 heterocycles. The number of aromatic nitrogens is 2. The van der Waals surface area contributed by atoms with Crippen LogP contribution in [0.15, 0.2) is 58.2 Å². The van der Waals surface area contributed by atoms with E-state index in [2.05, 4.69) is 85.7 Å². The molecule has 2 N–H and O–H groups in total. The lowest BCUT2D eigenvalue weighted by molar-refractivity contribution is 0.546. The Morgan fingerprint density at radius 1 is 1.07 bits per heavy atom. The van der Waals surface area contributed by atoms with Crippen molar-refractivity contribution in [1.82, 2.24) is 9.97 Å². The second-order valence-corrected chi connectivity index (χ2v) is 8.61. The zero-order chi connectivity index (χ0) is 20.6. The van der Waals surface area contributed by atoms with Crippen LogP contribution in [-0.2, 0) is 0 Å². The molecule has 0 aliphatic carbocycles. The molecule has 0 bridgehead atoms. The smallest absolute Gasteiger partial charge is 0.0607 e. The number of rotatable bonds is 4. The summed E-state index contributed by atoms with van der Waals surface area (Å²) in [4.78, 5) is 16.3. The number of allylic oxidation sites excluding steroid dienone is 3. The Labute approximate surface area is 171 Å². The minimum Gasteiger partial charge on any atom is -0.355 e. The number of H-pyrrole nitrogens is 2. The molecule has 0 unspecified atom stereocenters. The lowest BCUT2D eigenvalue weighted by Gasteiger charge is -2.16. The van der Waals surface area contributed by atoms with Crippen LogP contribution in [0.5, 0.6) is 0 Å². The highest BCUT2D eigenvalue weighted by molar-refractivity contribution is 6.16. The highest BCUT2D eigenvalue weighted by Gasteiger charge is 2.31. The van der Waals surface area contributed by atoms with Gasteiger partial charge in [0.15, 0.2) is 0 Å². The molecule has 4 nitrogen and oxygen atoms in total. The molecule has 4 heteroatoms. The van der Waals surface area contributed by atoms with Gasteiger partial charge in [0.25, 0.3) is 0 Å². The first-order valence-electron chi connectivity index (χ1n) is 10.0. The summed E-state index contributed by atoms with van der Waals surface area (Å²) in [6, 6.07) is 6.25. The summed E-state index contributed by atoms with van der Waals surface area (Å²) in [6.45, 7) is 13.4. The van der Waals surface area contributed by atoms with E-state index in [4.69, 9.17) is 4.99 Å². The fraction of sp³-hybridized carbons (Fsp3) is 0.280. The highest BCUT2D eigenvalue weighted by atomic mass is 14.8. The highest BCUT2D eigenvalue weighted by Crippen LogP contribution is 2.35. The van der Waals surface area contributed by atoms with Crippen LogP contribution in [-0.4, -0.2) is 27.9 Å². The predicted octanol–water partition coefficient (Wildman–Crippen LogP) is 4.06. The fourth-order valence-electron chi connectivity index (χ4n) is 3.78. The summed E-state index contributed by atoms with van der Waals surface area (Å²) in [7, 11) is 0. The van der Waals surface area contributed by atoms with Gasteiger partial charge in [-0.2, -0.15) is 0 Å². The molecule has 148 valence electrons. The van der Waals surface area contributed by atoms with Gasteiger partial charge >= 0.3 is 0 Å². The molecule has 2 aromatic rings. The first-order valence-corrected chi connectivity index (χ1v) is 10.0. The van der Waals surface area contributed by atoms with Crippen molar-refractivity contribution in [2.45, 2.75) is 34.1 Å². The monoisotopic (exact) mass is 384 g/mol. The second kappa shape index (κ2) is 7.36. The van der Waals surface area contributed by atoms with E-state index in [1.54, 1.807) is 0 Å². The third-order valence-electron chi connectivity index (χ3n) is 5.42. The summed E-state index contributed by atoms with van der Waals surface area (Å²) in [5, 5.41) is 2.17. The van der Waals surface area contributed by atoms with E-state index in [0.29, 0.717) is 0 Å². The third-order valence-corrected chi connectivity index (χ3v) is 5.42. The third kappa shape index (κ3) is 4.16. The fourth-order valence-corrected chi connectivity index (χ4v) is 3.78. The van der Waals surface area contributed by atoms with Gasteiger partial charge < -0.3 is 9.97 Å². The Bertz CT molecular complexity index is 1210. The first kappa shape index (κ1) is 19.2. The molecule has 0 radical (unpaired) electrons. The van der Waals surface area contributed by atoms with E-state index in [1.807, 2.05) is 12.1 Å². The van der Waals surface area contributed by atoms with E-state index in [9.17, 15) is 0 Å². The van der Waals surface area contributed by atoms with Gasteiger partial charge in [-0.3, -0.25) is 9.98 Å². The van der Waals surface area contributed by atoms with Crippen LogP contribution >= 0.6 is 0 Å². The minimum atomic E-state index is 0.00347. The molecule has 0 aromatic carbocycles. The van der Waals surface area contributed by atoms with Crippen LogP contribution in [0.1, 0.15) is 44.1 Å². The van der Waals surface area contributed by atoms with Gasteiger partial charge in [0.05, 0.1) is 12.3 Å². The summed E-state index contributed by atoms with van der Waals surface area (Å²) < 4.78 is 0. The zero-order valence-corrected chi connectivity index (χ0v) is 17.6. The predicted molar refractivity (Wildman–Crippen MR) is 124 cm³/mol. The maximum Gasteiger partial charge on any atom is 0.0607 e. The van der Waals surface area contributed by atoms with E-state index in [0.717, 1.165) is 52.2 Å². The molecular weight excluding hydrogens is 356 g/mol. The molecule has 0 saturated carbocycles. The standard InChI is InChI=1S/C25H28N4/c1-6-18-7-8-19(27-18)11-21-10-17(3)23(28-21)13-24-25(4,5)14-22(29-24)12-20-9-16(2)15-26-20/h6-13,27-28H,1,14-15H2,2-5H3. The van der Waals surface area contributed by atoms with Crippen molar-refractivity contribution < 1.29 is 0 Å². The molecule has 0 amide bonds. The van der Waals surface area contributed by atoms with Gasteiger partial charge in [0.1, 0.15) is 0 Å². The average Bonchev–Trinajstić information content (AvgIpc) is 3.40. The molecule has 4 rings (SSSR count). The van der Waals surface area contributed by atoms with Crippen LogP contribution in [0.4, 0.5) is 0 Å². The van der Waals surface area contributed by atoms with Crippen LogP contribution in [0.3, 0.4) is 0 Å². The van der Waals surface area contributed by atoms with Crippen molar-refractivity contribution in [2.75, 3.05) is 6.54 Å². The molecule has 29 heavy (non-hydrogen) atoms. The summed E-state index contributed by atoms with van der Waals surface area (Å²) in [5.74, 6) is 0. The SMILES string of the molecule is C=Cc1ccc(C=c2cc(C)c(=CC3=NC(=CC4=NCC(C)=C4)CC3(C)C)[nH]2)[nH]1.